The largest absolute Gasteiger partial charge is 0.393 e. The summed E-state index contributed by atoms with van der Waals surface area (Å²) in [6, 6.07) is 7.50. The highest BCUT2D eigenvalue weighted by Gasteiger charge is 2.11. The Hall–Kier alpha value is -1.15. The van der Waals surface area contributed by atoms with Gasteiger partial charge >= 0.3 is 0 Å². The van der Waals surface area contributed by atoms with Crippen LogP contribution in [-0.2, 0) is 0 Å². The second-order valence-electron chi connectivity index (χ2n) is 3.93. The van der Waals surface area contributed by atoms with Crippen LogP contribution >= 0.6 is 0 Å². The molecule has 2 heteroatoms. The van der Waals surface area contributed by atoms with Gasteiger partial charge in [-0.2, -0.15) is 0 Å². The van der Waals surface area contributed by atoms with Crippen molar-refractivity contribution in [2.24, 2.45) is 0 Å². The topological polar surface area (TPSA) is 37.3 Å². The smallest absolute Gasteiger partial charge is 0.162 e. The Bertz CT molecular complexity index is 325. The van der Waals surface area contributed by atoms with Crippen LogP contribution in [0.1, 0.15) is 49.0 Å². The molecule has 82 valence electrons. The van der Waals surface area contributed by atoms with E-state index in [1.54, 1.807) is 6.92 Å². The number of aliphatic hydroxyl groups excluding tert-OH is 1. The highest BCUT2D eigenvalue weighted by Crippen LogP contribution is 2.19. The monoisotopic (exact) mass is 206 g/mol. The van der Waals surface area contributed by atoms with Gasteiger partial charge in [0.2, 0.25) is 0 Å². The van der Waals surface area contributed by atoms with Crippen LogP contribution < -0.4 is 0 Å². The second kappa shape index (κ2) is 5.08. The summed E-state index contributed by atoms with van der Waals surface area (Å²) >= 11 is 0. The lowest BCUT2D eigenvalue weighted by molar-refractivity contribution is 0.0988. The number of Topliss-reactive ketones (excluding diaryl/α,β-unsaturated/α-hetero) is 1. The number of carbonyl (C=O) groups is 1. The Morgan fingerprint density at radius 2 is 1.80 bits per heavy atom. The van der Waals surface area contributed by atoms with Gasteiger partial charge in [-0.15, -0.1) is 0 Å². The van der Waals surface area contributed by atoms with E-state index in [0.717, 1.165) is 11.1 Å². The van der Waals surface area contributed by atoms with Crippen molar-refractivity contribution in [1.29, 1.82) is 0 Å². The summed E-state index contributed by atoms with van der Waals surface area (Å²) in [5.41, 5.74) is 1.82. The number of benzene rings is 1. The van der Waals surface area contributed by atoms with Gasteiger partial charge in [0, 0.05) is 17.9 Å². The Labute approximate surface area is 90.9 Å². The van der Waals surface area contributed by atoms with Gasteiger partial charge < -0.3 is 5.11 Å². The summed E-state index contributed by atoms with van der Waals surface area (Å²) in [6.45, 7) is 5.60. The predicted octanol–water partition coefficient (Wildman–Crippen LogP) is 2.76. The fourth-order valence-corrected chi connectivity index (χ4v) is 1.46. The van der Waals surface area contributed by atoms with Crippen LogP contribution in [0.5, 0.6) is 0 Å². The third-order valence-electron chi connectivity index (χ3n) is 2.80. The van der Waals surface area contributed by atoms with E-state index in [4.69, 9.17) is 0 Å². The van der Waals surface area contributed by atoms with Crippen molar-refractivity contribution in [3.8, 4) is 0 Å². The maximum atomic E-state index is 11.4. The molecule has 15 heavy (non-hydrogen) atoms. The molecule has 2 nitrogen and oxygen atoms in total. The Kier molecular flexibility index (Phi) is 4.04. The van der Waals surface area contributed by atoms with Crippen molar-refractivity contribution in [2.45, 2.75) is 39.2 Å². The van der Waals surface area contributed by atoms with Gasteiger partial charge in [-0.25, -0.2) is 0 Å². The minimum absolute atomic E-state index is 0.107. The lowest BCUT2D eigenvalue weighted by Crippen LogP contribution is -2.11. The molecule has 1 aromatic carbocycles. The van der Waals surface area contributed by atoms with Crippen molar-refractivity contribution >= 4 is 5.78 Å². The first kappa shape index (κ1) is 11.9. The maximum Gasteiger partial charge on any atom is 0.162 e. The molecule has 0 aliphatic rings. The fraction of sp³-hybridized carbons (Fsp3) is 0.462. The van der Waals surface area contributed by atoms with Crippen LogP contribution in [0.4, 0.5) is 0 Å². The number of rotatable bonds is 4. The van der Waals surface area contributed by atoms with Crippen LogP contribution in [0.15, 0.2) is 24.3 Å². The molecule has 2 atom stereocenters. The predicted molar refractivity (Wildman–Crippen MR) is 61.2 cm³/mol. The van der Waals surface area contributed by atoms with Crippen LogP contribution in [0.2, 0.25) is 0 Å². The van der Waals surface area contributed by atoms with Gasteiger partial charge in [-0.1, -0.05) is 38.1 Å². The minimum atomic E-state index is -0.363. The Balaban J connectivity index is 2.85. The molecule has 0 amide bonds. The molecule has 1 aromatic rings. The summed E-state index contributed by atoms with van der Waals surface area (Å²) < 4.78 is 0. The molecule has 0 saturated heterocycles. The van der Waals surface area contributed by atoms with E-state index in [0.29, 0.717) is 6.42 Å². The Morgan fingerprint density at radius 1 is 1.27 bits per heavy atom. The van der Waals surface area contributed by atoms with Crippen LogP contribution in [0.25, 0.3) is 0 Å². The molecule has 0 aromatic heterocycles. The quantitative estimate of drug-likeness (QED) is 0.769. The number of hydrogen-bond donors (Lipinski definition) is 1. The molecule has 0 heterocycles. The average molecular weight is 206 g/mol. The molecule has 2 unspecified atom stereocenters. The first-order chi connectivity index (χ1) is 7.06. The molecule has 0 aliphatic heterocycles. The molecular weight excluding hydrogens is 188 g/mol. The summed E-state index contributed by atoms with van der Waals surface area (Å²) in [5.74, 6) is 0.266. The average Bonchev–Trinajstić information content (AvgIpc) is 2.27. The standard InChI is InChI=1S/C13H18O2/c1-4-13(15)12-7-5-11(6-8-12)9(2)10(3)14/h5-10,14H,4H2,1-3H3. The third kappa shape index (κ3) is 2.90. The van der Waals surface area contributed by atoms with Gasteiger partial charge in [0.25, 0.3) is 0 Å². The molecular formula is C13H18O2. The highest BCUT2D eigenvalue weighted by molar-refractivity contribution is 5.95. The molecule has 0 radical (unpaired) electrons. The van der Waals surface area contributed by atoms with E-state index in [1.807, 2.05) is 38.1 Å². The van der Waals surface area contributed by atoms with Gasteiger partial charge in [-0.3, -0.25) is 4.79 Å². The summed E-state index contributed by atoms with van der Waals surface area (Å²) in [4.78, 5) is 11.4. The van der Waals surface area contributed by atoms with Crippen LogP contribution in [0.3, 0.4) is 0 Å². The van der Waals surface area contributed by atoms with Gasteiger partial charge in [-0.05, 0) is 12.5 Å². The van der Waals surface area contributed by atoms with Crippen molar-refractivity contribution in [3.63, 3.8) is 0 Å². The third-order valence-corrected chi connectivity index (χ3v) is 2.80. The number of hydrogen-bond acceptors (Lipinski definition) is 2. The molecule has 0 aliphatic carbocycles. The van der Waals surface area contributed by atoms with Crippen molar-refractivity contribution in [2.75, 3.05) is 0 Å². The summed E-state index contributed by atoms with van der Waals surface area (Å²) in [7, 11) is 0. The summed E-state index contributed by atoms with van der Waals surface area (Å²) in [6.07, 6.45) is 0.170. The highest BCUT2D eigenvalue weighted by atomic mass is 16.3. The zero-order valence-electron chi connectivity index (χ0n) is 9.53. The van der Waals surface area contributed by atoms with E-state index in [1.165, 1.54) is 0 Å². The van der Waals surface area contributed by atoms with Crippen molar-refractivity contribution in [3.05, 3.63) is 35.4 Å². The molecule has 0 saturated carbocycles. The van der Waals surface area contributed by atoms with Gasteiger partial charge in [0.1, 0.15) is 0 Å². The zero-order valence-corrected chi connectivity index (χ0v) is 9.53. The fourth-order valence-electron chi connectivity index (χ4n) is 1.46. The normalized spacial score (nSPS) is 14.7. The van der Waals surface area contributed by atoms with Crippen LogP contribution in [0, 0.1) is 0 Å². The lowest BCUT2D eigenvalue weighted by atomic mass is 9.95. The van der Waals surface area contributed by atoms with E-state index >= 15 is 0 Å². The molecule has 0 fully saturated rings. The molecule has 1 rings (SSSR count). The Morgan fingerprint density at radius 3 is 2.20 bits per heavy atom. The lowest BCUT2D eigenvalue weighted by Gasteiger charge is -2.15. The van der Waals surface area contributed by atoms with Gasteiger partial charge in [0.15, 0.2) is 5.78 Å². The van der Waals surface area contributed by atoms with E-state index in [9.17, 15) is 9.90 Å². The van der Waals surface area contributed by atoms with Crippen molar-refractivity contribution in [1.82, 2.24) is 0 Å². The first-order valence-corrected chi connectivity index (χ1v) is 5.37. The minimum Gasteiger partial charge on any atom is -0.393 e. The zero-order chi connectivity index (χ0) is 11.4. The SMILES string of the molecule is CCC(=O)c1ccc(C(C)C(C)O)cc1. The van der Waals surface area contributed by atoms with E-state index < -0.39 is 0 Å². The number of aliphatic hydroxyl groups is 1. The number of ketones is 1. The number of carbonyl (C=O) groups excluding carboxylic acids is 1. The molecule has 1 N–H and O–H groups in total. The first-order valence-electron chi connectivity index (χ1n) is 5.37. The van der Waals surface area contributed by atoms with Crippen LogP contribution in [-0.4, -0.2) is 17.0 Å². The maximum absolute atomic E-state index is 11.4. The second-order valence-corrected chi connectivity index (χ2v) is 3.93. The van der Waals surface area contributed by atoms with Crippen molar-refractivity contribution < 1.29 is 9.90 Å². The van der Waals surface area contributed by atoms with E-state index in [2.05, 4.69) is 0 Å². The summed E-state index contributed by atoms with van der Waals surface area (Å²) in [5, 5.41) is 9.43. The molecule has 0 spiro atoms. The van der Waals surface area contributed by atoms with E-state index in [-0.39, 0.29) is 17.8 Å². The molecule has 0 bridgehead atoms. The van der Waals surface area contributed by atoms with Gasteiger partial charge in [0.05, 0.1) is 6.10 Å².